The molecule has 184 valence electrons. The number of aliphatic hydroxyl groups is 1. The molecule has 3 N–H and O–H groups in total. The third-order valence-corrected chi connectivity index (χ3v) is 6.56. The van der Waals surface area contributed by atoms with Crippen LogP contribution in [0.15, 0.2) is 41.3 Å². The molecule has 0 fully saturated rings. The summed E-state index contributed by atoms with van der Waals surface area (Å²) in [6.45, 7) is 3.25. The fourth-order valence-electron chi connectivity index (χ4n) is 3.20. The van der Waals surface area contributed by atoms with E-state index in [0.29, 0.717) is 11.9 Å². The minimum atomic E-state index is -3.65. The molecule has 2 aromatic carbocycles. The number of aryl methyl sites for hydroxylation is 2. The molecule has 0 saturated carbocycles. The van der Waals surface area contributed by atoms with E-state index in [9.17, 15) is 26.8 Å². The van der Waals surface area contributed by atoms with Gasteiger partial charge in [-0.3, -0.25) is 9.59 Å². The minimum absolute atomic E-state index is 0.00885. The number of carbonyl (C=O) groups excluding carboxylic acids is 2. The van der Waals surface area contributed by atoms with Gasteiger partial charge in [0.15, 0.2) is 27.2 Å². The second kappa shape index (κ2) is 11.2. The van der Waals surface area contributed by atoms with Crippen molar-refractivity contribution in [3.05, 3.63) is 64.9 Å². The number of halogens is 2. The summed E-state index contributed by atoms with van der Waals surface area (Å²) < 4.78 is 56.6. The fraction of sp³-hybridized carbons (Fsp3) is 0.304. The molecule has 3 aromatic rings. The van der Waals surface area contributed by atoms with Crippen molar-refractivity contribution in [2.24, 2.45) is 12.8 Å². The van der Waals surface area contributed by atoms with Gasteiger partial charge in [0, 0.05) is 19.0 Å². The quantitative estimate of drug-likeness (QED) is 0.484. The third-order valence-electron chi connectivity index (χ3n) is 4.96. The van der Waals surface area contributed by atoms with Crippen molar-refractivity contribution in [3.8, 4) is 0 Å². The van der Waals surface area contributed by atoms with E-state index in [4.69, 9.17) is 10.8 Å². The van der Waals surface area contributed by atoms with Gasteiger partial charge in [-0.25, -0.2) is 17.2 Å². The molecule has 8 nitrogen and oxygen atoms in total. The van der Waals surface area contributed by atoms with Crippen LogP contribution < -0.4 is 5.73 Å². The number of primary amides is 1. The molecule has 0 saturated heterocycles. The Morgan fingerprint density at radius 3 is 2.26 bits per heavy atom. The highest BCUT2D eigenvalue weighted by Gasteiger charge is 2.20. The summed E-state index contributed by atoms with van der Waals surface area (Å²) in [5, 5.41) is 8.82. The van der Waals surface area contributed by atoms with Gasteiger partial charge in [0.1, 0.15) is 5.69 Å². The molecule has 1 aromatic heterocycles. The molecular weight excluding hydrogens is 470 g/mol. The van der Waals surface area contributed by atoms with Crippen molar-refractivity contribution in [2.75, 3.05) is 19.0 Å². The van der Waals surface area contributed by atoms with E-state index in [2.05, 4.69) is 4.74 Å². The van der Waals surface area contributed by atoms with E-state index < -0.39 is 39.1 Å². The summed E-state index contributed by atoms with van der Waals surface area (Å²) in [6, 6.07) is 8.84. The predicted molar refractivity (Wildman–Crippen MR) is 122 cm³/mol. The lowest BCUT2D eigenvalue weighted by molar-refractivity contribution is -0.139. The second-order valence-corrected chi connectivity index (χ2v) is 9.38. The lowest BCUT2D eigenvalue weighted by atomic mass is 10.1. The van der Waals surface area contributed by atoms with Crippen molar-refractivity contribution in [1.82, 2.24) is 4.57 Å². The first-order chi connectivity index (χ1) is 15.9. The van der Waals surface area contributed by atoms with E-state index in [0.717, 1.165) is 5.56 Å². The van der Waals surface area contributed by atoms with Crippen molar-refractivity contribution in [3.63, 3.8) is 0 Å². The number of rotatable bonds is 7. The Hall–Kier alpha value is -3.31. The first kappa shape index (κ1) is 26.9. The van der Waals surface area contributed by atoms with E-state index in [-0.39, 0.29) is 34.8 Å². The Bertz CT molecular complexity index is 1300. The molecule has 3 rings (SSSR count). The van der Waals surface area contributed by atoms with Gasteiger partial charge in [-0.2, -0.15) is 0 Å². The zero-order valence-corrected chi connectivity index (χ0v) is 19.8. The summed E-state index contributed by atoms with van der Waals surface area (Å²) in [4.78, 5) is 22.3. The third kappa shape index (κ3) is 6.17. The molecule has 0 unspecified atom stereocenters. The van der Waals surface area contributed by atoms with Crippen molar-refractivity contribution in [1.29, 1.82) is 0 Å². The van der Waals surface area contributed by atoms with Crippen LogP contribution in [-0.2, 0) is 32.8 Å². The Morgan fingerprint density at radius 1 is 1.12 bits per heavy atom. The molecule has 34 heavy (non-hydrogen) atoms. The van der Waals surface area contributed by atoms with Crippen molar-refractivity contribution < 1.29 is 36.6 Å². The van der Waals surface area contributed by atoms with Gasteiger partial charge in [-0.1, -0.05) is 12.1 Å². The van der Waals surface area contributed by atoms with Crippen LogP contribution in [-0.4, -0.2) is 48.9 Å². The minimum Gasteiger partial charge on any atom is -0.465 e. The molecule has 0 atom stereocenters. The normalized spacial score (nSPS) is 11.1. The number of nitrogens with zero attached hydrogens (tertiary/aromatic N) is 1. The molecule has 0 spiro atoms. The smallest absolute Gasteiger partial charge is 0.321 e. The highest BCUT2D eigenvalue weighted by atomic mass is 32.2. The lowest BCUT2D eigenvalue weighted by Crippen LogP contribution is -2.18. The van der Waals surface area contributed by atoms with Crippen LogP contribution in [0.1, 0.15) is 28.5 Å². The van der Waals surface area contributed by atoms with Crippen molar-refractivity contribution in [2.45, 2.75) is 25.2 Å². The van der Waals surface area contributed by atoms with Crippen LogP contribution in [0.25, 0.3) is 10.9 Å². The Labute approximate surface area is 195 Å². The average Bonchev–Trinajstić information content (AvgIpc) is 3.10. The van der Waals surface area contributed by atoms with Crippen LogP contribution in [0.4, 0.5) is 8.78 Å². The fourth-order valence-corrected chi connectivity index (χ4v) is 4.31. The second-order valence-electron chi connectivity index (χ2n) is 7.39. The van der Waals surface area contributed by atoms with Crippen LogP contribution in [0.3, 0.4) is 0 Å². The van der Waals surface area contributed by atoms with E-state index in [1.807, 2.05) is 0 Å². The highest BCUT2D eigenvalue weighted by molar-refractivity contribution is 7.92. The lowest BCUT2D eigenvalue weighted by Gasteiger charge is -2.05. The van der Waals surface area contributed by atoms with Gasteiger partial charge < -0.3 is 20.1 Å². The maximum absolute atomic E-state index is 13.6. The predicted octanol–water partition coefficient (Wildman–Crippen LogP) is 2.42. The van der Waals surface area contributed by atoms with Gasteiger partial charge in [0.25, 0.3) is 5.91 Å². The van der Waals surface area contributed by atoms with Crippen molar-refractivity contribution >= 4 is 32.6 Å². The molecule has 0 aliphatic rings. The average molecular weight is 497 g/mol. The molecule has 0 bridgehead atoms. The van der Waals surface area contributed by atoms with E-state index in [1.54, 1.807) is 26.1 Å². The SMILES string of the molecule is CCOC(=O)CS(=O)(=O)c1ccc(CCO)cc1.Cc1cc2c(cc(C(N)=O)n2C)c(F)c1F. The Kier molecular flexibility index (Phi) is 8.88. The van der Waals surface area contributed by atoms with E-state index >= 15 is 0 Å². The van der Waals surface area contributed by atoms with Crippen LogP contribution in [0.2, 0.25) is 0 Å². The highest BCUT2D eigenvalue weighted by Crippen LogP contribution is 2.26. The summed E-state index contributed by atoms with van der Waals surface area (Å²) in [5.74, 6) is -3.92. The standard InChI is InChI=1S/C12H16O5S.C11H10F2N2O/c1-2-17-12(14)9-18(15,16)11-5-3-10(4-6-11)7-8-13;1-5-3-7-6(10(13)9(5)12)4-8(11(14)16)15(7)2/h3-6,13H,2,7-9H2,1H3;3-4H,1-2H3,(H2,14,16). The number of ether oxygens (including phenoxy) is 1. The number of hydrogen-bond donors (Lipinski definition) is 2. The van der Waals surface area contributed by atoms with E-state index in [1.165, 1.54) is 35.8 Å². The number of aliphatic hydroxyl groups excluding tert-OH is 1. The van der Waals surface area contributed by atoms with Crippen LogP contribution in [0.5, 0.6) is 0 Å². The molecule has 1 amide bonds. The molecule has 0 aliphatic heterocycles. The number of carbonyl (C=O) groups is 2. The number of aromatic nitrogens is 1. The number of amides is 1. The van der Waals surface area contributed by atoms with Crippen LogP contribution >= 0.6 is 0 Å². The summed E-state index contributed by atoms with van der Waals surface area (Å²) in [5.41, 5.74) is 6.77. The van der Waals surface area contributed by atoms with Crippen LogP contribution in [0, 0.1) is 18.6 Å². The molecular formula is C23H26F2N2O6S. The monoisotopic (exact) mass is 496 g/mol. The molecule has 0 aliphatic carbocycles. The maximum Gasteiger partial charge on any atom is 0.321 e. The zero-order valence-electron chi connectivity index (χ0n) is 19.0. The maximum atomic E-state index is 13.6. The zero-order chi connectivity index (χ0) is 25.6. The van der Waals surface area contributed by atoms with Gasteiger partial charge in [0.05, 0.1) is 17.0 Å². The number of esters is 1. The summed E-state index contributed by atoms with van der Waals surface area (Å²) >= 11 is 0. The number of sulfone groups is 1. The summed E-state index contributed by atoms with van der Waals surface area (Å²) in [7, 11) is -2.07. The molecule has 11 heteroatoms. The first-order valence-corrected chi connectivity index (χ1v) is 11.9. The largest absolute Gasteiger partial charge is 0.465 e. The first-order valence-electron chi connectivity index (χ1n) is 10.2. The number of nitrogens with two attached hydrogens (primary N) is 1. The number of fused-ring (bicyclic) bond motifs is 1. The Morgan fingerprint density at radius 2 is 1.74 bits per heavy atom. The van der Waals surface area contributed by atoms with Gasteiger partial charge in [-0.05, 0) is 55.7 Å². The van der Waals surface area contributed by atoms with Gasteiger partial charge in [-0.15, -0.1) is 0 Å². The number of benzene rings is 2. The number of hydrogen-bond acceptors (Lipinski definition) is 6. The summed E-state index contributed by atoms with van der Waals surface area (Å²) in [6.07, 6.45) is 0.470. The Balaban J connectivity index is 0.000000241. The molecule has 1 heterocycles. The van der Waals surface area contributed by atoms with Gasteiger partial charge >= 0.3 is 5.97 Å². The topological polar surface area (TPSA) is 129 Å². The molecule has 0 radical (unpaired) electrons. The van der Waals surface area contributed by atoms with Gasteiger partial charge in [0.2, 0.25) is 0 Å².